The van der Waals surface area contributed by atoms with E-state index in [1.54, 1.807) is 0 Å². The van der Waals surface area contributed by atoms with E-state index in [1.165, 1.54) is 5.56 Å². The fourth-order valence-electron chi connectivity index (χ4n) is 2.85. The monoisotopic (exact) mass is 362 g/mol. The van der Waals surface area contributed by atoms with Gasteiger partial charge in [-0.15, -0.1) is 0 Å². The van der Waals surface area contributed by atoms with Crippen LogP contribution in [0.4, 0.5) is 5.69 Å². The fourth-order valence-corrected chi connectivity index (χ4v) is 2.85. The molecule has 7 heteroatoms. The van der Waals surface area contributed by atoms with Crippen molar-refractivity contribution < 1.29 is 14.3 Å². The predicted octanol–water partition coefficient (Wildman–Crippen LogP) is 0.915. The summed E-state index contributed by atoms with van der Waals surface area (Å²) in [5.74, 6) is -0.174. The van der Waals surface area contributed by atoms with E-state index in [9.17, 15) is 9.59 Å². The van der Waals surface area contributed by atoms with Crippen LogP contribution in [0.2, 0.25) is 0 Å². The Kier molecular flexibility index (Phi) is 8.53. The van der Waals surface area contributed by atoms with Gasteiger partial charge in [0.05, 0.1) is 26.3 Å². The Hall–Kier alpha value is -1.96. The first-order chi connectivity index (χ1) is 12.6. The highest BCUT2D eigenvalue weighted by atomic mass is 16.5. The van der Waals surface area contributed by atoms with Gasteiger partial charge < -0.3 is 15.4 Å². The molecule has 0 atom stereocenters. The SMILES string of the molecule is CCNC(=O)CN(CC)CC(=O)Nc1ccc(CN2CCOCC2)cc1. The van der Waals surface area contributed by atoms with E-state index in [-0.39, 0.29) is 24.9 Å². The highest BCUT2D eigenvalue weighted by Crippen LogP contribution is 2.12. The van der Waals surface area contributed by atoms with Crippen LogP contribution in [-0.2, 0) is 20.9 Å². The lowest BCUT2D eigenvalue weighted by Crippen LogP contribution is -2.41. The Bertz CT molecular complexity index is 571. The second kappa shape index (κ2) is 10.9. The summed E-state index contributed by atoms with van der Waals surface area (Å²) in [6, 6.07) is 7.93. The van der Waals surface area contributed by atoms with Crippen molar-refractivity contribution in [2.45, 2.75) is 20.4 Å². The molecule has 0 spiro atoms. The number of carbonyl (C=O) groups is 2. The molecule has 1 aliphatic rings. The Morgan fingerprint density at radius 2 is 1.73 bits per heavy atom. The molecule has 1 aromatic carbocycles. The molecule has 0 bridgehead atoms. The van der Waals surface area contributed by atoms with E-state index in [0.717, 1.165) is 38.5 Å². The van der Waals surface area contributed by atoms with Crippen LogP contribution in [0.1, 0.15) is 19.4 Å². The highest BCUT2D eigenvalue weighted by molar-refractivity contribution is 5.92. The number of hydrogen-bond donors (Lipinski definition) is 2. The minimum atomic E-state index is -0.114. The molecule has 0 aliphatic carbocycles. The van der Waals surface area contributed by atoms with Gasteiger partial charge in [-0.25, -0.2) is 0 Å². The van der Waals surface area contributed by atoms with Crippen molar-refractivity contribution in [3.05, 3.63) is 29.8 Å². The topological polar surface area (TPSA) is 73.9 Å². The number of nitrogens with one attached hydrogen (secondary N) is 2. The molecular weight excluding hydrogens is 332 g/mol. The molecule has 0 aromatic heterocycles. The molecule has 2 N–H and O–H groups in total. The third-order valence-corrected chi connectivity index (χ3v) is 4.30. The van der Waals surface area contributed by atoms with Gasteiger partial charge in [-0.2, -0.15) is 0 Å². The number of morpholine rings is 1. The van der Waals surface area contributed by atoms with Crippen molar-refractivity contribution in [3.8, 4) is 0 Å². The molecule has 26 heavy (non-hydrogen) atoms. The van der Waals surface area contributed by atoms with Gasteiger partial charge in [-0.1, -0.05) is 19.1 Å². The lowest BCUT2D eigenvalue weighted by Gasteiger charge is -2.26. The standard InChI is InChI=1S/C19H30N4O3/c1-3-20-18(24)14-22(4-2)15-19(25)21-17-7-5-16(6-8-17)13-23-9-11-26-12-10-23/h5-8H,3-4,9-15H2,1-2H3,(H,20,24)(H,21,25). The summed E-state index contributed by atoms with van der Waals surface area (Å²) in [7, 11) is 0. The first-order valence-electron chi connectivity index (χ1n) is 9.28. The molecule has 1 heterocycles. The van der Waals surface area contributed by atoms with E-state index in [2.05, 4.69) is 15.5 Å². The second-order valence-electron chi connectivity index (χ2n) is 6.39. The Balaban J connectivity index is 1.79. The third kappa shape index (κ3) is 7.11. The molecule has 144 valence electrons. The molecule has 1 saturated heterocycles. The highest BCUT2D eigenvalue weighted by Gasteiger charge is 2.13. The summed E-state index contributed by atoms with van der Waals surface area (Å²) < 4.78 is 5.36. The zero-order chi connectivity index (χ0) is 18.8. The van der Waals surface area contributed by atoms with Gasteiger partial charge in [0.25, 0.3) is 0 Å². The maximum atomic E-state index is 12.2. The molecular formula is C19H30N4O3. The van der Waals surface area contributed by atoms with Crippen molar-refractivity contribution >= 4 is 17.5 Å². The summed E-state index contributed by atoms with van der Waals surface area (Å²) in [6.07, 6.45) is 0. The third-order valence-electron chi connectivity index (χ3n) is 4.30. The van der Waals surface area contributed by atoms with Crippen molar-refractivity contribution in [2.75, 3.05) is 57.8 Å². The summed E-state index contributed by atoms with van der Waals surface area (Å²) in [5.41, 5.74) is 1.99. The van der Waals surface area contributed by atoms with Crippen LogP contribution in [0.3, 0.4) is 0 Å². The van der Waals surface area contributed by atoms with Gasteiger partial charge in [0, 0.05) is 31.9 Å². The zero-order valence-electron chi connectivity index (χ0n) is 15.8. The quantitative estimate of drug-likeness (QED) is 0.683. The molecule has 1 aliphatic heterocycles. The number of nitrogens with zero attached hydrogens (tertiary/aromatic N) is 2. The minimum absolute atomic E-state index is 0.0605. The van der Waals surface area contributed by atoms with Crippen LogP contribution in [0.15, 0.2) is 24.3 Å². The molecule has 1 fully saturated rings. The number of rotatable bonds is 9. The molecule has 0 saturated carbocycles. The van der Waals surface area contributed by atoms with Gasteiger partial charge in [-0.05, 0) is 31.2 Å². The van der Waals surface area contributed by atoms with Gasteiger partial charge in [0.2, 0.25) is 11.8 Å². The summed E-state index contributed by atoms with van der Waals surface area (Å²) >= 11 is 0. The molecule has 0 radical (unpaired) electrons. The number of carbonyl (C=O) groups excluding carboxylic acids is 2. The van der Waals surface area contributed by atoms with E-state index in [1.807, 2.05) is 43.0 Å². The molecule has 7 nitrogen and oxygen atoms in total. The molecule has 1 aromatic rings. The summed E-state index contributed by atoms with van der Waals surface area (Å²) in [6.45, 7) is 9.87. The van der Waals surface area contributed by atoms with Crippen molar-refractivity contribution in [1.82, 2.24) is 15.1 Å². The van der Waals surface area contributed by atoms with Gasteiger partial charge in [0.15, 0.2) is 0 Å². The lowest BCUT2D eigenvalue weighted by atomic mass is 10.2. The largest absolute Gasteiger partial charge is 0.379 e. The lowest BCUT2D eigenvalue weighted by molar-refractivity contribution is -0.123. The normalized spacial score (nSPS) is 15.0. The van der Waals surface area contributed by atoms with Crippen LogP contribution in [0.5, 0.6) is 0 Å². The Morgan fingerprint density at radius 1 is 1.08 bits per heavy atom. The number of benzene rings is 1. The number of ether oxygens (including phenoxy) is 1. The van der Waals surface area contributed by atoms with E-state index in [4.69, 9.17) is 4.74 Å². The predicted molar refractivity (Wildman–Crippen MR) is 102 cm³/mol. The van der Waals surface area contributed by atoms with Crippen LogP contribution >= 0.6 is 0 Å². The Morgan fingerprint density at radius 3 is 2.35 bits per heavy atom. The smallest absolute Gasteiger partial charge is 0.238 e. The Labute approximate surface area is 155 Å². The van der Waals surface area contributed by atoms with Crippen LogP contribution in [-0.4, -0.2) is 74.1 Å². The maximum absolute atomic E-state index is 12.2. The minimum Gasteiger partial charge on any atom is -0.379 e. The first-order valence-corrected chi connectivity index (χ1v) is 9.28. The van der Waals surface area contributed by atoms with Crippen LogP contribution in [0.25, 0.3) is 0 Å². The number of anilines is 1. The van der Waals surface area contributed by atoms with Crippen molar-refractivity contribution in [2.24, 2.45) is 0 Å². The fraction of sp³-hybridized carbons (Fsp3) is 0.579. The number of likely N-dealkylation sites (N-methyl/N-ethyl adjacent to an activating group) is 2. The number of hydrogen-bond acceptors (Lipinski definition) is 5. The average Bonchev–Trinajstić information content (AvgIpc) is 2.64. The first kappa shape index (κ1) is 20.4. The molecule has 2 amide bonds. The average molecular weight is 362 g/mol. The maximum Gasteiger partial charge on any atom is 0.238 e. The van der Waals surface area contributed by atoms with Gasteiger partial charge in [0.1, 0.15) is 0 Å². The van der Waals surface area contributed by atoms with Crippen LogP contribution < -0.4 is 10.6 Å². The van der Waals surface area contributed by atoms with E-state index in [0.29, 0.717) is 13.1 Å². The van der Waals surface area contributed by atoms with Gasteiger partial charge in [-0.3, -0.25) is 19.4 Å². The van der Waals surface area contributed by atoms with Crippen molar-refractivity contribution in [1.29, 1.82) is 0 Å². The van der Waals surface area contributed by atoms with Crippen molar-refractivity contribution in [3.63, 3.8) is 0 Å². The summed E-state index contributed by atoms with van der Waals surface area (Å²) in [5, 5.41) is 5.65. The second-order valence-corrected chi connectivity index (χ2v) is 6.39. The zero-order valence-corrected chi connectivity index (χ0v) is 15.8. The van der Waals surface area contributed by atoms with E-state index < -0.39 is 0 Å². The van der Waals surface area contributed by atoms with E-state index >= 15 is 0 Å². The summed E-state index contributed by atoms with van der Waals surface area (Å²) in [4.78, 5) is 28.0. The van der Waals surface area contributed by atoms with Gasteiger partial charge >= 0.3 is 0 Å². The molecule has 0 unspecified atom stereocenters. The number of amides is 2. The van der Waals surface area contributed by atoms with Crippen LogP contribution in [0, 0.1) is 0 Å². The molecule has 2 rings (SSSR count).